The van der Waals surface area contributed by atoms with E-state index in [4.69, 9.17) is 15.2 Å². The molecule has 1 amide bonds. The second-order valence-electron chi connectivity index (χ2n) is 2.98. The van der Waals surface area contributed by atoms with E-state index in [-0.39, 0.29) is 18.8 Å². The molecule has 13 heavy (non-hydrogen) atoms. The highest BCUT2D eigenvalue weighted by Gasteiger charge is 2.32. The van der Waals surface area contributed by atoms with E-state index in [9.17, 15) is 4.79 Å². The topological polar surface area (TPSA) is 61.6 Å². The van der Waals surface area contributed by atoms with Crippen LogP contribution in [0.1, 0.15) is 0 Å². The third-order valence-corrected chi connectivity index (χ3v) is 2.05. The summed E-state index contributed by atoms with van der Waals surface area (Å²) in [6.07, 6.45) is 7.28. The lowest BCUT2D eigenvalue weighted by atomic mass is 10.1. The van der Waals surface area contributed by atoms with Gasteiger partial charge in [-0.25, -0.2) is 0 Å². The molecule has 3 atom stereocenters. The molecule has 0 aromatic heterocycles. The molecule has 1 aliphatic carbocycles. The number of allylic oxidation sites excluding steroid dienone is 2. The number of carbonyl (C=O) groups is 1. The Morgan fingerprint density at radius 2 is 2.38 bits per heavy atom. The molecule has 0 aromatic rings. The second-order valence-corrected chi connectivity index (χ2v) is 2.98. The highest BCUT2D eigenvalue weighted by Crippen LogP contribution is 2.19. The van der Waals surface area contributed by atoms with Gasteiger partial charge >= 0.3 is 0 Å². The number of hydrogen-bond donors (Lipinski definition) is 1. The molecule has 2 N–H and O–H groups in total. The molecular weight excluding hydrogens is 170 g/mol. The number of carbonyl (C=O) groups excluding carboxylic acids is 1. The van der Waals surface area contributed by atoms with Crippen LogP contribution in [0, 0.1) is 6.08 Å². The molecular formula is C9H10NO3. The molecule has 4 heteroatoms. The summed E-state index contributed by atoms with van der Waals surface area (Å²) >= 11 is 0. The van der Waals surface area contributed by atoms with Gasteiger partial charge in [0.1, 0.15) is 12.2 Å². The zero-order chi connectivity index (χ0) is 9.26. The maximum Gasteiger partial charge on any atom is 0.249 e. The number of fused-ring (bicyclic) bond motifs is 1. The highest BCUT2D eigenvalue weighted by molar-refractivity contribution is 5.79. The normalized spacial score (nSPS) is 37.1. The maximum absolute atomic E-state index is 10.8. The van der Waals surface area contributed by atoms with E-state index in [1.165, 1.54) is 0 Å². The van der Waals surface area contributed by atoms with Gasteiger partial charge in [0.15, 0.2) is 6.10 Å². The molecule has 2 rings (SSSR count). The summed E-state index contributed by atoms with van der Waals surface area (Å²) in [5.74, 6) is -0.481. The summed E-state index contributed by atoms with van der Waals surface area (Å²) in [5.41, 5.74) is 5.10. The molecule has 69 valence electrons. The molecule has 1 saturated heterocycles. The van der Waals surface area contributed by atoms with Gasteiger partial charge in [0.2, 0.25) is 5.91 Å². The minimum atomic E-state index is -0.627. The molecule has 4 nitrogen and oxygen atoms in total. The fourth-order valence-corrected chi connectivity index (χ4v) is 1.35. The number of amides is 1. The van der Waals surface area contributed by atoms with Gasteiger partial charge in [0.05, 0.1) is 6.61 Å². The van der Waals surface area contributed by atoms with Crippen LogP contribution in [0.4, 0.5) is 0 Å². The van der Waals surface area contributed by atoms with Gasteiger partial charge in [-0.15, -0.1) is 0 Å². The Labute approximate surface area is 76.0 Å². The third-order valence-electron chi connectivity index (χ3n) is 2.05. The van der Waals surface area contributed by atoms with Gasteiger partial charge in [-0.05, 0) is 12.2 Å². The number of ether oxygens (including phenoxy) is 2. The Balaban J connectivity index is 2.04. The summed E-state index contributed by atoms with van der Waals surface area (Å²) in [5, 5.41) is 0. The average Bonchev–Trinajstić information content (AvgIpc) is 2.17. The summed E-state index contributed by atoms with van der Waals surface area (Å²) in [6, 6.07) is 0. The Bertz CT molecular complexity index is 272. The molecule has 3 unspecified atom stereocenters. The van der Waals surface area contributed by atoms with Gasteiger partial charge in [0, 0.05) is 0 Å². The Morgan fingerprint density at radius 1 is 1.54 bits per heavy atom. The first-order valence-electron chi connectivity index (χ1n) is 4.10. The smallest absolute Gasteiger partial charge is 0.249 e. The third kappa shape index (κ3) is 1.64. The monoisotopic (exact) mass is 180 g/mol. The summed E-state index contributed by atoms with van der Waals surface area (Å²) in [4.78, 5) is 10.8. The zero-order valence-electron chi connectivity index (χ0n) is 6.97. The number of rotatable bonds is 1. The molecule has 1 fully saturated rings. The van der Waals surface area contributed by atoms with Crippen molar-refractivity contribution in [2.24, 2.45) is 5.73 Å². The standard InChI is InChI=1S/C9H10NO3/c10-9(11)8-5-12-6-3-1-2-4-7(6)13-8/h2-4,6-8H,5H2,(H2,10,11). The quantitative estimate of drug-likeness (QED) is 0.594. The number of hydrogen-bond acceptors (Lipinski definition) is 3. The van der Waals surface area contributed by atoms with Crippen molar-refractivity contribution in [2.45, 2.75) is 18.3 Å². The van der Waals surface area contributed by atoms with Crippen molar-refractivity contribution in [3.63, 3.8) is 0 Å². The van der Waals surface area contributed by atoms with E-state index in [0.717, 1.165) is 0 Å². The van der Waals surface area contributed by atoms with Crippen molar-refractivity contribution in [3.05, 3.63) is 24.3 Å². The largest absolute Gasteiger partial charge is 0.368 e. The van der Waals surface area contributed by atoms with Crippen LogP contribution in [0.25, 0.3) is 0 Å². The first kappa shape index (κ1) is 8.47. The van der Waals surface area contributed by atoms with Crippen molar-refractivity contribution < 1.29 is 14.3 Å². The van der Waals surface area contributed by atoms with Crippen molar-refractivity contribution in [3.8, 4) is 0 Å². The van der Waals surface area contributed by atoms with Gasteiger partial charge in [0.25, 0.3) is 0 Å². The summed E-state index contributed by atoms with van der Waals surface area (Å²) < 4.78 is 10.8. The van der Waals surface area contributed by atoms with Crippen LogP contribution in [0.3, 0.4) is 0 Å². The number of primary amides is 1. The molecule has 0 saturated carbocycles. The van der Waals surface area contributed by atoms with E-state index in [0.29, 0.717) is 0 Å². The molecule has 0 spiro atoms. The lowest BCUT2D eigenvalue weighted by Gasteiger charge is -2.33. The zero-order valence-corrected chi connectivity index (χ0v) is 6.97. The van der Waals surface area contributed by atoms with Crippen molar-refractivity contribution >= 4 is 5.91 Å². The predicted molar refractivity (Wildman–Crippen MR) is 44.5 cm³/mol. The minimum absolute atomic E-state index is 0.124. The molecule has 1 aliphatic heterocycles. The molecule has 1 heterocycles. The van der Waals surface area contributed by atoms with E-state index < -0.39 is 12.0 Å². The van der Waals surface area contributed by atoms with Crippen LogP contribution in [0.2, 0.25) is 0 Å². The minimum Gasteiger partial charge on any atom is -0.368 e. The fourth-order valence-electron chi connectivity index (χ4n) is 1.35. The van der Waals surface area contributed by atoms with Gasteiger partial charge in [-0.2, -0.15) is 0 Å². The Kier molecular flexibility index (Phi) is 2.16. The predicted octanol–water partition coefficient (Wildman–Crippen LogP) is -0.447. The molecule has 0 aromatic carbocycles. The fraction of sp³-hybridized carbons (Fsp3) is 0.444. The van der Waals surface area contributed by atoms with Crippen molar-refractivity contribution in [2.75, 3.05) is 6.61 Å². The van der Waals surface area contributed by atoms with Gasteiger partial charge < -0.3 is 15.2 Å². The van der Waals surface area contributed by atoms with Crippen LogP contribution < -0.4 is 5.73 Å². The molecule has 2 aliphatic rings. The average molecular weight is 180 g/mol. The first-order valence-corrected chi connectivity index (χ1v) is 4.10. The van der Waals surface area contributed by atoms with Crippen LogP contribution in [-0.2, 0) is 14.3 Å². The molecule has 1 radical (unpaired) electrons. The van der Waals surface area contributed by atoms with E-state index in [1.54, 1.807) is 18.2 Å². The van der Waals surface area contributed by atoms with E-state index in [1.807, 2.05) is 0 Å². The van der Waals surface area contributed by atoms with Crippen molar-refractivity contribution in [1.29, 1.82) is 0 Å². The van der Waals surface area contributed by atoms with Crippen LogP contribution >= 0.6 is 0 Å². The van der Waals surface area contributed by atoms with Gasteiger partial charge in [-0.3, -0.25) is 4.79 Å². The van der Waals surface area contributed by atoms with E-state index >= 15 is 0 Å². The highest BCUT2D eigenvalue weighted by atomic mass is 16.6. The van der Waals surface area contributed by atoms with Crippen molar-refractivity contribution in [1.82, 2.24) is 0 Å². The Morgan fingerprint density at radius 3 is 3.15 bits per heavy atom. The lowest BCUT2D eigenvalue weighted by molar-refractivity contribution is -0.165. The van der Waals surface area contributed by atoms with Crippen LogP contribution in [0.15, 0.2) is 18.2 Å². The first-order chi connectivity index (χ1) is 6.27. The molecule has 0 bridgehead atoms. The SMILES string of the molecule is NC(=O)C1COC2C=[C]C=CC2O1. The van der Waals surface area contributed by atoms with Crippen LogP contribution in [0.5, 0.6) is 0 Å². The summed E-state index contributed by atoms with van der Waals surface area (Å²) in [7, 11) is 0. The lowest BCUT2D eigenvalue weighted by Crippen LogP contribution is -2.47. The number of nitrogens with two attached hydrogens (primary N) is 1. The van der Waals surface area contributed by atoms with Crippen LogP contribution in [-0.4, -0.2) is 30.8 Å². The summed E-state index contributed by atoms with van der Waals surface area (Å²) in [6.45, 7) is 0.225. The van der Waals surface area contributed by atoms with Gasteiger partial charge in [-0.1, -0.05) is 12.2 Å². The second kappa shape index (κ2) is 3.32. The Hall–Kier alpha value is -1.13. The van der Waals surface area contributed by atoms with E-state index in [2.05, 4.69) is 6.08 Å². The maximum atomic E-state index is 10.8.